The third-order valence-electron chi connectivity index (χ3n) is 4.60. The predicted molar refractivity (Wildman–Crippen MR) is 122 cm³/mol. The number of carbonyl (C=O) groups excluding carboxylic acids is 2. The highest BCUT2D eigenvalue weighted by Crippen LogP contribution is 2.14. The molecule has 192 valence electrons. The minimum Gasteiger partial charge on any atom is -0.480 e. The average Bonchev–Trinajstić information content (AvgIpc) is 2.83. The third kappa shape index (κ3) is 12.6. The molecule has 11 heteroatoms. The Morgan fingerprint density at radius 2 is 1.56 bits per heavy atom. The van der Waals surface area contributed by atoms with Gasteiger partial charge in [-0.05, 0) is 31.4 Å². The molecule has 0 aliphatic carbocycles. The minimum atomic E-state index is -1.38. The van der Waals surface area contributed by atoms with Crippen molar-refractivity contribution in [1.82, 2.24) is 4.90 Å². The van der Waals surface area contributed by atoms with Gasteiger partial charge in [-0.3, -0.25) is 4.79 Å². The number of hydrogen-bond donors (Lipinski definition) is 2. The predicted octanol–water partition coefficient (Wildman–Crippen LogP) is 1.43. The van der Waals surface area contributed by atoms with E-state index in [2.05, 4.69) is 0 Å². The molecule has 34 heavy (non-hydrogen) atoms. The first-order valence-electron chi connectivity index (χ1n) is 11.2. The lowest BCUT2D eigenvalue weighted by molar-refractivity contribution is -0.151. The van der Waals surface area contributed by atoms with E-state index in [1.807, 2.05) is 6.07 Å². The fourth-order valence-corrected chi connectivity index (χ4v) is 2.85. The lowest BCUT2D eigenvalue weighted by Gasteiger charge is -2.26. The molecule has 3 N–H and O–H groups in total. The molecular weight excluding hydrogens is 448 g/mol. The van der Waals surface area contributed by atoms with E-state index in [1.165, 1.54) is 0 Å². The number of hydrogen-bond acceptors (Lipinski definition) is 9. The van der Waals surface area contributed by atoms with E-state index in [9.17, 15) is 19.5 Å². The standard InChI is InChI=1S/C23H36N2O9/c1-30-11-12-31-13-14-32-15-16-33-18-21(26)25(20(22(27)28)9-5-6-10-24)23(29)34-17-19-7-3-2-4-8-19/h2-4,7-8,20H,5-6,9-18,24H2,1H3,(H,27,28)/t20-/m0/s1. The van der Waals surface area contributed by atoms with Crippen molar-refractivity contribution < 1.29 is 43.2 Å². The van der Waals surface area contributed by atoms with Crippen LogP contribution in [0.3, 0.4) is 0 Å². The van der Waals surface area contributed by atoms with E-state index in [1.54, 1.807) is 31.4 Å². The van der Waals surface area contributed by atoms with E-state index in [0.29, 0.717) is 56.3 Å². The number of rotatable bonds is 19. The second-order valence-electron chi connectivity index (χ2n) is 7.21. The molecule has 0 radical (unpaired) electrons. The number of nitrogens with zero attached hydrogens (tertiary/aromatic N) is 1. The zero-order valence-electron chi connectivity index (χ0n) is 19.7. The summed E-state index contributed by atoms with van der Waals surface area (Å²) >= 11 is 0. The van der Waals surface area contributed by atoms with E-state index in [0.717, 1.165) is 0 Å². The van der Waals surface area contributed by atoms with Crippen LogP contribution in [-0.4, -0.2) is 93.9 Å². The summed E-state index contributed by atoms with van der Waals surface area (Å²) in [5, 5.41) is 9.66. The lowest BCUT2D eigenvalue weighted by atomic mass is 10.1. The number of ether oxygens (including phenoxy) is 5. The molecule has 0 spiro atoms. The molecule has 0 aliphatic heterocycles. The average molecular weight is 485 g/mol. The van der Waals surface area contributed by atoms with Crippen LogP contribution in [0.25, 0.3) is 0 Å². The second-order valence-corrected chi connectivity index (χ2v) is 7.21. The number of methoxy groups -OCH3 is 1. The molecule has 0 heterocycles. The molecule has 2 amide bonds. The number of unbranched alkanes of at least 4 members (excludes halogenated alkanes) is 1. The van der Waals surface area contributed by atoms with Crippen LogP contribution in [0.5, 0.6) is 0 Å². The van der Waals surface area contributed by atoms with Crippen molar-refractivity contribution in [3.63, 3.8) is 0 Å². The maximum atomic E-state index is 12.7. The molecule has 0 bridgehead atoms. The van der Waals surface area contributed by atoms with Crippen LogP contribution in [0.1, 0.15) is 24.8 Å². The van der Waals surface area contributed by atoms with Gasteiger partial charge in [-0.25, -0.2) is 14.5 Å². The summed E-state index contributed by atoms with van der Waals surface area (Å²) in [6.45, 7) is 1.79. The molecule has 11 nitrogen and oxygen atoms in total. The number of imide groups is 1. The Bertz CT molecular complexity index is 703. The third-order valence-corrected chi connectivity index (χ3v) is 4.60. The highest BCUT2D eigenvalue weighted by Gasteiger charge is 2.35. The molecule has 1 aromatic rings. The largest absolute Gasteiger partial charge is 0.480 e. The summed E-state index contributed by atoms with van der Waals surface area (Å²) in [4.78, 5) is 37.9. The van der Waals surface area contributed by atoms with Gasteiger partial charge in [-0.2, -0.15) is 0 Å². The molecule has 0 saturated heterocycles. The Hall–Kier alpha value is -2.57. The molecule has 0 aliphatic rings. The van der Waals surface area contributed by atoms with Crippen molar-refractivity contribution in [1.29, 1.82) is 0 Å². The second kappa shape index (κ2) is 18.8. The van der Waals surface area contributed by atoms with Crippen LogP contribution in [-0.2, 0) is 39.9 Å². The van der Waals surface area contributed by atoms with Crippen molar-refractivity contribution in [2.24, 2.45) is 5.73 Å². The zero-order valence-corrected chi connectivity index (χ0v) is 19.7. The monoisotopic (exact) mass is 484 g/mol. The number of carboxylic acids is 1. The normalized spacial score (nSPS) is 11.7. The Balaban J connectivity index is 2.59. The van der Waals surface area contributed by atoms with E-state index < -0.39 is 30.6 Å². The topological polar surface area (TPSA) is 147 Å². The number of carbonyl (C=O) groups is 3. The molecule has 0 unspecified atom stereocenters. The van der Waals surface area contributed by atoms with Gasteiger partial charge >= 0.3 is 12.1 Å². The summed E-state index contributed by atoms with van der Waals surface area (Å²) in [6.07, 6.45) is 0.0189. The van der Waals surface area contributed by atoms with Crippen LogP contribution in [0.15, 0.2) is 30.3 Å². The van der Waals surface area contributed by atoms with Crippen LogP contribution in [0, 0.1) is 0 Å². The van der Waals surface area contributed by atoms with E-state index >= 15 is 0 Å². The van der Waals surface area contributed by atoms with Crippen LogP contribution >= 0.6 is 0 Å². The molecular formula is C23H36N2O9. The van der Waals surface area contributed by atoms with E-state index in [-0.39, 0.29) is 26.2 Å². The summed E-state index contributed by atoms with van der Waals surface area (Å²) < 4.78 is 26.0. The molecule has 1 rings (SSSR count). The Morgan fingerprint density at radius 3 is 2.15 bits per heavy atom. The number of amides is 2. The maximum Gasteiger partial charge on any atom is 0.417 e. The highest BCUT2D eigenvalue weighted by atomic mass is 16.6. The SMILES string of the molecule is COCCOCCOCCOCC(=O)N(C(=O)OCc1ccccc1)[C@@H](CCCCN)C(=O)O. The first-order valence-corrected chi connectivity index (χ1v) is 11.2. The molecule has 0 saturated carbocycles. The van der Waals surface area contributed by atoms with Crippen molar-refractivity contribution >= 4 is 18.0 Å². The van der Waals surface area contributed by atoms with Crippen molar-refractivity contribution in [2.75, 3.05) is 59.9 Å². The van der Waals surface area contributed by atoms with Gasteiger partial charge < -0.3 is 34.5 Å². The number of nitrogens with two attached hydrogens (primary N) is 1. The number of carboxylic acid groups (broad SMARTS) is 1. The van der Waals surface area contributed by atoms with Crippen molar-refractivity contribution in [3.8, 4) is 0 Å². The molecule has 1 aromatic carbocycles. The van der Waals surface area contributed by atoms with Crippen molar-refractivity contribution in [2.45, 2.75) is 31.9 Å². The number of benzene rings is 1. The van der Waals surface area contributed by atoms with E-state index in [4.69, 9.17) is 29.4 Å². The Labute approximate surface area is 200 Å². The van der Waals surface area contributed by atoms with Gasteiger partial charge in [0.1, 0.15) is 19.3 Å². The molecule has 0 aromatic heterocycles. The van der Waals surface area contributed by atoms with Gasteiger partial charge in [-0.15, -0.1) is 0 Å². The Morgan fingerprint density at radius 1 is 0.941 bits per heavy atom. The quantitative estimate of drug-likeness (QED) is 0.276. The first-order chi connectivity index (χ1) is 16.5. The summed E-state index contributed by atoms with van der Waals surface area (Å²) in [5.74, 6) is -2.11. The fourth-order valence-electron chi connectivity index (χ4n) is 2.85. The smallest absolute Gasteiger partial charge is 0.417 e. The van der Waals surface area contributed by atoms with Gasteiger partial charge in [0.2, 0.25) is 0 Å². The first kappa shape index (κ1) is 29.5. The van der Waals surface area contributed by atoms with Gasteiger partial charge in [0.15, 0.2) is 0 Å². The zero-order chi connectivity index (χ0) is 25.0. The highest BCUT2D eigenvalue weighted by molar-refractivity contribution is 5.97. The fraction of sp³-hybridized carbons (Fsp3) is 0.609. The van der Waals surface area contributed by atoms with Gasteiger partial charge in [0, 0.05) is 7.11 Å². The van der Waals surface area contributed by atoms with Crippen molar-refractivity contribution in [3.05, 3.63) is 35.9 Å². The Kier molecular flexibility index (Phi) is 16.3. The lowest BCUT2D eigenvalue weighted by Crippen LogP contribution is -2.50. The van der Waals surface area contributed by atoms with Gasteiger partial charge in [0.05, 0.1) is 39.6 Å². The minimum absolute atomic E-state index is 0.0604. The summed E-state index contributed by atoms with van der Waals surface area (Å²) in [6, 6.07) is 7.49. The van der Waals surface area contributed by atoms with Gasteiger partial charge in [-0.1, -0.05) is 30.3 Å². The number of aliphatic carboxylic acids is 1. The summed E-state index contributed by atoms with van der Waals surface area (Å²) in [5.41, 5.74) is 6.19. The summed E-state index contributed by atoms with van der Waals surface area (Å²) in [7, 11) is 1.58. The van der Waals surface area contributed by atoms with Gasteiger partial charge in [0.25, 0.3) is 5.91 Å². The molecule has 1 atom stereocenters. The molecule has 0 fully saturated rings. The maximum absolute atomic E-state index is 12.7. The van der Waals surface area contributed by atoms with Crippen LogP contribution < -0.4 is 5.73 Å². The van der Waals surface area contributed by atoms with Crippen LogP contribution in [0.2, 0.25) is 0 Å². The van der Waals surface area contributed by atoms with Crippen LogP contribution in [0.4, 0.5) is 4.79 Å².